The average Bonchev–Trinajstić information content (AvgIpc) is 2.16. The summed E-state index contributed by atoms with van der Waals surface area (Å²) in [6.07, 6.45) is 0.945. The van der Waals surface area contributed by atoms with E-state index in [4.69, 9.17) is 5.11 Å². The van der Waals surface area contributed by atoms with Crippen molar-refractivity contribution in [1.29, 1.82) is 0 Å². The van der Waals surface area contributed by atoms with Crippen molar-refractivity contribution < 1.29 is 9.90 Å². The molecule has 0 aromatic heterocycles. The molecule has 0 saturated carbocycles. The number of hydrogen-bond donors (Lipinski definition) is 1. The first-order valence-electron chi connectivity index (χ1n) is 5.59. The summed E-state index contributed by atoms with van der Waals surface area (Å²) in [5.74, 6) is -0.781. The van der Waals surface area contributed by atoms with Crippen molar-refractivity contribution in [2.75, 3.05) is 18.0 Å². The van der Waals surface area contributed by atoms with E-state index in [1.165, 1.54) is 0 Å². The molecular weight excluding hydrogens is 202 g/mol. The predicted octanol–water partition coefficient (Wildman–Crippen LogP) is 2.60. The Morgan fingerprint density at radius 2 is 1.88 bits per heavy atom. The van der Waals surface area contributed by atoms with Crippen LogP contribution in [-0.4, -0.2) is 24.2 Å². The molecule has 0 aliphatic rings. The Morgan fingerprint density at radius 3 is 2.31 bits per heavy atom. The molecule has 1 rings (SSSR count). The molecule has 3 heteroatoms. The summed E-state index contributed by atoms with van der Waals surface area (Å²) in [6, 6.07) is 6.04. The van der Waals surface area contributed by atoms with Gasteiger partial charge in [-0.1, -0.05) is 25.1 Å². The minimum absolute atomic E-state index is 0.0690. The number of benzene rings is 1. The van der Waals surface area contributed by atoms with Gasteiger partial charge >= 0.3 is 5.97 Å². The SMILES string of the molecule is CCCN(CC(=O)O)c1c(C)cccc1C. The number of rotatable bonds is 5. The van der Waals surface area contributed by atoms with Gasteiger partial charge in [0.05, 0.1) is 0 Å². The van der Waals surface area contributed by atoms with Gasteiger partial charge in [-0.05, 0) is 31.4 Å². The second-order valence-corrected chi connectivity index (χ2v) is 4.06. The third-order valence-corrected chi connectivity index (χ3v) is 2.58. The van der Waals surface area contributed by atoms with Gasteiger partial charge < -0.3 is 10.0 Å². The van der Waals surface area contributed by atoms with Crippen molar-refractivity contribution in [1.82, 2.24) is 0 Å². The lowest BCUT2D eigenvalue weighted by molar-refractivity contribution is -0.135. The van der Waals surface area contributed by atoms with E-state index in [-0.39, 0.29) is 6.54 Å². The zero-order valence-electron chi connectivity index (χ0n) is 10.2. The molecule has 3 nitrogen and oxygen atoms in total. The molecule has 0 spiro atoms. The van der Waals surface area contributed by atoms with Crippen LogP contribution in [0.5, 0.6) is 0 Å². The van der Waals surface area contributed by atoms with Crippen molar-refractivity contribution in [2.24, 2.45) is 0 Å². The summed E-state index contributed by atoms with van der Waals surface area (Å²) >= 11 is 0. The fraction of sp³-hybridized carbons (Fsp3) is 0.462. The molecule has 1 aromatic carbocycles. The molecule has 0 aliphatic carbocycles. The van der Waals surface area contributed by atoms with Crippen LogP contribution in [0.1, 0.15) is 24.5 Å². The molecule has 0 fully saturated rings. The van der Waals surface area contributed by atoms with E-state index in [1.54, 1.807) is 0 Å². The number of aryl methyl sites for hydroxylation is 2. The van der Waals surface area contributed by atoms with Crippen LogP contribution in [0.15, 0.2) is 18.2 Å². The number of hydrogen-bond acceptors (Lipinski definition) is 2. The molecule has 1 aromatic rings. The van der Waals surface area contributed by atoms with Gasteiger partial charge in [0.2, 0.25) is 0 Å². The molecule has 0 atom stereocenters. The summed E-state index contributed by atoms with van der Waals surface area (Å²) in [5, 5.41) is 8.91. The van der Waals surface area contributed by atoms with Crippen molar-refractivity contribution in [3.63, 3.8) is 0 Å². The lowest BCUT2D eigenvalue weighted by Crippen LogP contribution is -2.31. The van der Waals surface area contributed by atoms with Gasteiger partial charge in [-0.15, -0.1) is 0 Å². The smallest absolute Gasteiger partial charge is 0.323 e. The van der Waals surface area contributed by atoms with Crippen LogP contribution in [0.4, 0.5) is 5.69 Å². The molecule has 0 heterocycles. The largest absolute Gasteiger partial charge is 0.480 e. The molecule has 1 N–H and O–H groups in total. The molecule has 88 valence electrons. The molecule has 0 saturated heterocycles. The molecule has 0 unspecified atom stereocenters. The van der Waals surface area contributed by atoms with Crippen LogP contribution in [-0.2, 0) is 4.79 Å². The molecule has 0 bridgehead atoms. The maximum atomic E-state index is 10.8. The molecular formula is C13H19NO2. The molecule has 16 heavy (non-hydrogen) atoms. The molecule has 0 amide bonds. The van der Waals surface area contributed by atoms with Crippen molar-refractivity contribution in [2.45, 2.75) is 27.2 Å². The van der Waals surface area contributed by atoms with Gasteiger partial charge in [0.1, 0.15) is 6.54 Å². The van der Waals surface area contributed by atoms with Crippen LogP contribution in [0, 0.1) is 13.8 Å². The van der Waals surface area contributed by atoms with Gasteiger partial charge in [0, 0.05) is 12.2 Å². The summed E-state index contributed by atoms with van der Waals surface area (Å²) in [6.45, 7) is 6.94. The Labute approximate surface area is 96.7 Å². The number of para-hydroxylation sites is 1. The lowest BCUT2D eigenvalue weighted by Gasteiger charge is -2.26. The van der Waals surface area contributed by atoms with E-state index in [1.807, 2.05) is 36.9 Å². The standard InChI is InChI=1S/C13H19NO2/c1-4-8-14(9-12(15)16)13-10(2)6-5-7-11(13)3/h5-7H,4,8-9H2,1-3H3,(H,15,16). The van der Waals surface area contributed by atoms with Gasteiger partial charge in [0.25, 0.3) is 0 Å². The highest BCUT2D eigenvalue weighted by Gasteiger charge is 2.13. The fourth-order valence-electron chi connectivity index (χ4n) is 2.01. The average molecular weight is 221 g/mol. The second-order valence-electron chi connectivity index (χ2n) is 4.06. The van der Waals surface area contributed by atoms with Crippen LogP contribution in [0.2, 0.25) is 0 Å². The highest BCUT2D eigenvalue weighted by molar-refractivity contribution is 5.75. The van der Waals surface area contributed by atoms with E-state index >= 15 is 0 Å². The predicted molar refractivity (Wildman–Crippen MR) is 66.1 cm³/mol. The maximum absolute atomic E-state index is 10.8. The van der Waals surface area contributed by atoms with Crippen LogP contribution >= 0.6 is 0 Å². The maximum Gasteiger partial charge on any atom is 0.323 e. The summed E-state index contributed by atoms with van der Waals surface area (Å²) < 4.78 is 0. The van der Waals surface area contributed by atoms with E-state index in [0.717, 1.165) is 29.8 Å². The second kappa shape index (κ2) is 5.54. The normalized spacial score (nSPS) is 10.2. The first-order valence-corrected chi connectivity index (χ1v) is 5.59. The first-order chi connectivity index (χ1) is 7.56. The number of carboxylic acid groups (broad SMARTS) is 1. The highest BCUT2D eigenvalue weighted by Crippen LogP contribution is 2.24. The Kier molecular flexibility index (Phi) is 4.35. The number of aliphatic carboxylic acids is 1. The third kappa shape index (κ3) is 2.99. The lowest BCUT2D eigenvalue weighted by atomic mass is 10.1. The Hall–Kier alpha value is -1.51. The third-order valence-electron chi connectivity index (χ3n) is 2.58. The van der Waals surface area contributed by atoms with Gasteiger partial charge in [-0.25, -0.2) is 0 Å². The number of carboxylic acids is 1. The van der Waals surface area contributed by atoms with Crippen LogP contribution in [0.3, 0.4) is 0 Å². The highest BCUT2D eigenvalue weighted by atomic mass is 16.4. The topological polar surface area (TPSA) is 40.5 Å². The monoisotopic (exact) mass is 221 g/mol. The fourth-order valence-corrected chi connectivity index (χ4v) is 2.01. The summed E-state index contributed by atoms with van der Waals surface area (Å²) in [5.41, 5.74) is 3.33. The van der Waals surface area contributed by atoms with Crippen LogP contribution in [0.25, 0.3) is 0 Å². The van der Waals surface area contributed by atoms with E-state index in [9.17, 15) is 4.79 Å². The number of carbonyl (C=O) groups is 1. The van der Waals surface area contributed by atoms with E-state index in [2.05, 4.69) is 6.92 Å². The first kappa shape index (κ1) is 12.6. The van der Waals surface area contributed by atoms with Gasteiger partial charge in [0.15, 0.2) is 0 Å². The van der Waals surface area contributed by atoms with Gasteiger partial charge in [-0.2, -0.15) is 0 Å². The summed E-state index contributed by atoms with van der Waals surface area (Å²) in [4.78, 5) is 12.8. The zero-order chi connectivity index (χ0) is 12.1. The minimum Gasteiger partial charge on any atom is -0.480 e. The number of anilines is 1. The van der Waals surface area contributed by atoms with E-state index < -0.39 is 5.97 Å². The molecule has 0 aliphatic heterocycles. The van der Waals surface area contributed by atoms with Crippen molar-refractivity contribution in [3.8, 4) is 0 Å². The van der Waals surface area contributed by atoms with Crippen molar-refractivity contribution >= 4 is 11.7 Å². The van der Waals surface area contributed by atoms with Gasteiger partial charge in [-0.3, -0.25) is 4.79 Å². The quantitative estimate of drug-likeness (QED) is 0.830. The Balaban J connectivity index is 3.04. The minimum atomic E-state index is -0.781. The Morgan fingerprint density at radius 1 is 1.31 bits per heavy atom. The zero-order valence-corrected chi connectivity index (χ0v) is 10.2. The Bertz CT molecular complexity index is 354. The van der Waals surface area contributed by atoms with E-state index in [0.29, 0.717) is 0 Å². The van der Waals surface area contributed by atoms with Crippen LogP contribution < -0.4 is 4.90 Å². The van der Waals surface area contributed by atoms with Crippen molar-refractivity contribution in [3.05, 3.63) is 29.3 Å². The molecule has 0 radical (unpaired) electrons. The summed E-state index contributed by atoms with van der Waals surface area (Å²) in [7, 11) is 0. The number of nitrogens with zero attached hydrogens (tertiary/aromatic N) is 1.